The molecular weight excluding hydrogens is 268 g/mol. The molecule has 0 radical (unpaired) electrons. The summed E-state index contributed by atoms with van der Waals surface area (Å²) in [5.74, 6) is 1.000. The lowest BCUT2D eigenvalue weighted by Gasteiger charge is -2.17. The molecule has 0 bridgehead atoms. The van der Waals surface area contributed by atoms with E-state index in [0.717, 1.165) is 16.7 Å². The van der Waals surface area contributed by atoms with Crippen molar-refractivity contribution in [1.29, 1.82) is 0 Å². The van der Waals surface area contributed by atoms with Gasteiger partial charge in [0, 0.05) is 11.1 Å². The fourth-order valence-corrected chi connectivity index (χ4v) is 2.66. The van der Waals surface area contributed by atoms with Gasteiger partial charge in [-0.1, -0.05) is 18.2 Å². The number of hydrogen-bond acceptors (Lipinski definition) is 4. The summed E-state index contributed by atoms with van der Waals surface area (Å²) < 4.78 is 16.2. The Labute approximate surface area is 123 Å². The van der Waals surface area contributed by atoms with Gasteiger partial charge in [0.25, 0.3) is 0 Å². The number of methoxy groups -OCH3 is 2. The molecule has 1 atom stereocenters. The van der Waals surface area contributed by atoms with E-state index in [4.69, 9.17) is 14.2 Å². The smallest absolute Gasteiger partial charge is 0.339 e. The van der Waals surface area contributed by atoms with Gasteiger partial charge in [-0.05, 0) is 30.7 Å². The van der Waals surface area contributed by atoms with Gasteiger partial charge in [-0.15, -0.1) is 0 Å². The van der Waals surface area contributed by atoms with Gasteiger partial charge in [0.15, 0.2) is 17.6 Å². The Bertz CT molecular complexity index is 706. The number of benzene rings is 2. The zero-order valence-electron chi connectivity index (χ0n) is 12.2. The van der Waals surface area contributed by atoms with E-state index < -0.39 is 6.10 Å². The second-order valence-corrected chi connectivity index (χ2v) is 4.94. The number of hydrogen-bond donors (Lipinski definition) is 0. The summed E-state index contributed by atoms with van der Waals surface area (Å²) in [4.78, 5) is 12.0. The first-order valence-corrected chi connectivity index (χ1v) is 6.68. The van der Waals surface area contributed by atoms with Crippen molar-refractivity contribution < 1.29 is 19.0 Å². The Morgan fingerprint density at radius 3 is 2.38 bits per heavy atom. The summed E-state index contributed by atoms with van der Waals surface area (Å²) in [6, 6.07) is 11.2. The molecule has 2 aromatic carbocycles. The lowest BCUT2D eigenvalue weighted by molar-refractivity contribution is 0.0454. The molecule has 0 spiro atoms. The molecule has 4 heteroatoms. The normalized spacial score (nSPS) is 16.3. The second kappa shape index (κ2) is 5.13. The maximum absolute atomic E-state index is 12.0. The quantitative estimate of drug-likeness (QED) is 0.811. The minimum atomic E-state index is -0.395. The van der Waals surface area contributed by atoms with Crippen LogP contribution in [0.15, 0.2) is 36.4 Å². The number of rotatable bonds is 3. The van der Waals surface area contributed by atoms with Crippen molar-refractivity contribution in [3.05, 3.63) is 58.7 Å². The Balaban J connectivity index is 2.12. The van der Waals surface area contributed by atoms with Crippen LogP contribution in [0.25, 0.3) is 0 Å². The summed E-state index contributed by atoms with van der Waals surface area (Å²) in [6.07, 6.45) is -0.395. The van der Waals surface area contributed by atoms with Crippen LogP contribution in [0, 0.1) is 6.92 Å². The van der Waals surface area contributed by atoms with Crippen LogP contribution in [0.5, 0.6) is 11.5 Å². The molecule has 0 saturated carbocycles. The predicted octanol–water partition coefficient (Wildman–Crippen LogP) is 3.27. The van der Waals surface area contributed by atoms with Gasteiger partial charge in [-0.2, -0.15) is 0 Å². The highest BCUT2D eigenvalue weighted by Gasteiger charge is 2.33. The average molecular weight is 284 g/mol. The van der Waals surface area contributed by atoms with Gasteiger partial charge in [-0.25, -0.2) is 4.79 Å². The average Bonchev–Trinajstić information content (AvgIpc) is 2.84. The Morgan fingerprint density at radius 2 is 1.67 bits per heavy atom. The van der Waals surface area contributed by atoms with Gasteiger partial charge < -0.3 is 14.2 Å². The number of esters is 1. The molecule has 0 amide bonds. The monoisotopic (exact) mass is 284 g/mol. The molecule has 0 aromatic heterocycles. The van der Waals surface area contributed by atoms with Crippen LogP contribution < -0.4 is 9.47 Å². The van der Waals surface area contributed by atoms with E-state index in [1.54, 1.807) is 20.3 Å². The molecular formula is C17H16O4. The highest BCUT2D eigenvalue weighted by atomic mass is 16.5. The highest BCUT2D eigenvalue weighted by Crippen LogP contribution is 2.40. The molecule has 21 heavy (non-hydrogen) atoms. The minimum Gasteiger partial charge on any atom is -0.493 e. The SMILES string of the molecule is COc1cc(C)c(C2OC(=O)c3ccccc32)cc1OC. The largest absolute Gasteiger partial charge is 0.493 e. The summed E-state index contributed by atoms with van der Waals surface area (Å²) in [5, 5.41) is 0. The first kappa shape index (κ1) is 13.5. The van der Waals surface area contributed by atoms with Crippen LogP contribution >= 0.6 is 0 Å². The van der Waals surface area contributed by atoms with E-state index in [1.165, 1.54) is 0 Å². The standard InChI is InChI=1S/C17H16O4/c1-10-8-14(19-2)15(20-3)9-13(10)16-11-6-4-5-7-12(11)17(18)21-16/h4-9,16H,1-3H3. The lowest BCUT2D eigenvalue weighted by atomic mass is 9.95. The van der Waals surface area contributed by atoms with Crippen molar-refractivity contribution >= 4 is 5.97 Å². The zero-order valence-corrected chi connectivity index (χ0v) is 12.2. The molecule has 108 valence electrons. The number of cyclic esters (lactones) is 1. The molecule has 0 N–H and O–H groups in total. The van der Waals surface area contributed by atoms with Crippen LogP contribution in [0.1, 0.15) is 33.2 Å². The van der Waals surface area contributed by atoms with E-state index in [9.17, 15) is 4.79 Å². The third-order valence-electron chi connectivity index (χ3n) is 3.74. The molecule has 4 nitrogen and oxygen atoms in total. The first-order valence-electron chi connectivity index (χ1n) is 6.68. The summed E-state index contributed by atoms with van der Waals surface area (Å²) in [7, 11) is 3.19. The van der Waals surface area contributed by atoms with Gasteiger partial charge in [-0.3, -0.25) is 0 Å². The molecule has 1 unspecified atom stereocenters. The molecule has 0 aliphatic carbocycles. The Hall–Kier alpha value is -2.49. The van der Waals surface area contributed by atoms with Crippen LogP contribution in [0.2, 0.25) is 0 Å². The third-order valence-corrected chi connectivity index (χ3v) is 3.74. The van der Waals surface area contributed by atoms with Gasteiger partial charge in [0.2, 0.25) is 0 Å². The third kappa shape index (κ3) is 2.13. The summed E-state index contributed by atoms with van der Waals surface area (Å²) in [5.41, 5.74) is 3.41. The van der Waals surface area contributed by atoms with Gasteiger partial charge in [0.05, 0.1) is 19.8 Å². The van der Waals surface area contributed by atoms with Crippen LogP contribution in [0.3, 0.4) is 0 Å². The molecule has 3 rings (SSSR count). The van der Waals surface area contributed by atoms with Crippen molar-refractivity contribution in [3.63, 3.8) is 0 Å². The summed E-state index contributed by atoms with van der Waals surface area (Å²) >= 11 is 0. The van der Waals surface area contributed by atoms with E-state index in [2.05, 4.69) is 0 Å². The van der Waals surface area contributed by atoms with Crippen molar-refractivity contribution in [2.45, 2.75) is 13.0 Å². The van der Waals surface area contributed by atoms with Crippen LogP contribution in [-0.4, -0.2) is 20.2 Å². The van der Waals surface area contributed by atoms with Gasteiger partial charge in [0.1, 0.15) is 0 Å². The van der Waals surface area contributed by atoms with E-state index in [-0.39, 0.29) is 5.97 Å². The van der Waals surface area contributed by atoms with E-state index in [0.29, 0.717) is 17.1 Å². The Morgan fingerprint density at radius 1 is 1.00 bits per heavy atom. The van der Waals surface area contributed by atoms with Gasteiger partial charge >= 0.3 is 5.97 Å². The van der Waals surface area contributed by atoms with Crippen molar-refractivity contribution in [3.8, 4) is 11.5 Å². The fraction of sp³-hybridized carbons (Fsp3) is 0.235. The number of fused-ring (bicyclic) bond motifs is 1. The molecule has 1 heterocycles. The molecule has 1 aliphatic heterocycles. The zero-order chi connectivity index (χ0) is 15.0. The molecule has 1 aliphatic rings. The summed E-state index contributed by atoms with van der Waals surface area (Å²) in [6.45, 7) is 1.96. The maximum atomic E-state index is 12.0. The van der Waals surface area contributed by atoms with Crippen molar-refractivity contribution in [1.82, 2.24) is 0 Å². The number of ether oxygens (including phenoxy) is 3. The van der Waals surface area contributed by atoms with E-state index >= 15 is 0 Å². The second-order valence-electron chi connectivity index (χ2n) is 4.94. The maximum Gasteiger partial charge on any atom is 0.339 e. The predicted molar refractivity (Wildman–Crippen MR) is 78.0 cm³/mol. The topological polar surface area (TPSA) is 44.8 Å². The molecule has 0 fully saturated rings. The van der Waals surface area contributed by atoms with E-state index in [1.807, 2.05) is 37.3 Å². The first-order chi connectivity index (χ1) is 10.2. The lowest BCUT2D eigenvalue weighted by Crippen LogP contribution is -2.04. The van der Waals surface area contributed by atoms with Crippen molar-refractivity contribution in [2.75, 3.05) is 14.2 Å². The van der Waals surface area contributed by atoms with Crippen LogP contribution in [-0.2, 0) is 4.74 Å². The number of carbonyl (C=O) groups excluding carboxylic acids is 1. The molecule has 0 saturated heterocycles. The fourth-order valence-electron chi connectivity index (χ4n) is 2.66. The van der Waals surface area contributed by atoms with Crippen molar-refractivity contribution in [2.24, 2.45) is 0 Å². The van der Waals surface area contributed by atoms with Crippen LogP contribution in [0.4, 0.5) is 0 Å². The number of aryl methyl sites for hydroxylation is 1. The Kier molecular flexibility index (Phi) is 3.29. The number of carbonyl (C=O) groups is 1. The highest BCUT2D eigenvalue weighted by molar-refractivity contribution is 5.94. The molecule has 2 aromatic rings. The minimum absolute atomic E-state index is 0.287.